The fraction of sp³-hybridized carbons (Fsp3) is 0.250. The summed E-state index contributed by atoms with van der Waals surface area (Å²) in [7, 11) is 1.66. The Morgan fingerprint density at radius 1 is 1.00 bits per heavy atom. The number of nitrogens with zero attached hydrogens (tertiary/aromatic N) is 1. The molecular formula is C28H27NO5. The van der Waals surface area contributed by atoms with Gasteiger partial charge in [-0.15, -0.1) is 0 Å². The zero-order chi connectivity index (χ0) is 23.9. The minimum absolute atomic E-state index is 0.0168. The molecule has 2 aliphatic rings. The fourth-order valence-corrected chi connectivity index (χ4v) is 4.18. The number of rotatable bonds is 6. The number of benzene rings is 3. The summed E-state index contributed by atoms with van der Waals surface area (Å²) < 4.78 is 17.2. The Balaban J connectivity index is 1.27. The number of amides is 1. The minimum atomic E-state index is -0.705. The van der Waals surface area contributed by atoms with Crippen LogP contribution in [0.1, 0.15) is 34.0 Å². The topological polar surface area (TPSA) is 68.2 Å². The van der Waals surface area contributed by atoms with Gasteiger partial charge in [0.05, 0.1) is 7.11 Å². The molecule has 1 N–H and O–H groups in total. The van der Waals surface area contributed by atoms with Gasteiger partial charge in [-0.2, -0.15) is 0 Å². The predicted octanol–water partition coefficient (Wildman–Crippen LogP) is 5.59. The van der Waals surface area contributed by atoms with Crippen molar-refractivity contribution >= 4 is 5.91 Å². The molecule has 0 bridgehead atoms. The molecule has 5 rings (SSSR count). The van der Waals surface area contributed by atoms with E-state index in [2.05, 4.69) is 0 Å². The molecule has 0 saturated carbocycles. The van der Waals surface area contributed by atoms with Gasteiger partial charge in [-0.05, 0) is 85.5 Å². The lowest BCUT2D eigenvalue weighted by molar-refractivity contribution is 0.0734. The molecule has 0 aromatic heterocycles. The number of aliphatic hydroxyl groups is 1. The number of methoxy groups -OCH3 is 1. The molecule has 0 spiro atoms. The standard InChI is InChI=1S/C28H27NO5/c1-18-13-24(9-10-25(18)34-28(2)16-26(28)30)33-23-6-4-5-20(15-23)27(31)29-12-11-19-14-22(32-3)8-7-21(19)17-29/h4-10,13-16,30H,11-12,17H2,1-3H3. The van der Waals surface area contributed by atoms with Crippen LogP contribution in [0.25, 0.3) is 0 Å². The first-order valence-electron chi connectivity index (χ1n) is 11.3. The molecule has 1 heterocycles. The summed E-state index contributed by atoms with van der Waals surface area (Å²) >= 11 is 0. The highest BCUT2D eigenvalue weighted by atomic mass is 16.5. The Labute approximate surface area is 199 Å². The molecule has 1 atom stereocenters. The number of ether oxygens (including phenoxy) is 3. The van der Waals surface area contributed by atoms with E-state index in [0.717, 1.165) is 23.3 Å². The smallest absolute Gasteiger partial charge is 0.254 e. The van der Waals surface area contributed by atoms with Crippen LogP contribution in [0.5, 0.6) is 23.0 Å². The Morgan fingerprint density at radius 2 is 1.76 bits per heavy atom. The third-order valence-corrected chi connectivity index (χ3v) is 6.34. The second-order valence-electron chi connectivity index (χ2n) is 8.91. The van der Waals surface area contributed by atoms with Crippen LogP contribution < -0.4 is 14.2 Å². The van der Waals surface area contributed by atoms with Crippen LogP contribution in [0, 0.1) is 6.92 Å². The van der Waals surface area contributed by atoms with E-state index in [0.29, 0.717) is 35.9 Å². The van der Waals surface area contributed by atoms with Gasteiger partial charge in [-0.3, -0.25) is 4.79 Å². The lowest BCUT2D eigenvalue weighted by Crippen LogP contribution is -2.35. The monoisotopic (exact) mass is 457 g/mol. The number of carbonyl (C=O) groups excluding carboxylic acids is 1. The maximum absolute atomic E-state index is 13.2. The van der Waals surface area contributed by atoms with Crippen LogP contribution in [0.2, 0.25) is 0 Å². The summed E-state index contributed by atoms with van der Waals surface area (Å²) in [5.41, 5.74) is 3.15. The van der Waals surface area contributed by atoms with Gasteiger partial charge >= 0.3 is 0 Å². The van der Waals surface area contributed by atoms with Crippen molar-refractivity contribution in [3.05, 3.63) is 94.8 Å². The number of carbonyl (C=O) groups is 1. The largest absolute Gasteiger partial charge is 0.508 e. The molecule has 6 nitrogen and oxygen atoms in total. The minimum Gasteiger partial charge on any atom is -0.508 e. The third-order valence-electron chi connectivity index (χ3n) is 6.34. The molecule has 3 aromatic rings. The maximum atomic E-state index is 13.2. The molecule has 1 amide bonds. The molecule has 6 heteroatoms. The van der Waals surface area contributed by atoms with Gasteiger partial charge in [-0.1, -0.05) is 12.1 Å². The van der Waals surface area contributed by atoms with Crippen LogP contribution in [0.4, 0.5) is 0 Å². The first kappa shape index (κ1) is 21.9. The number of aliphatic hydroxyl groups excluding tert-OH is 1. The van der Waals surface area contributed by atoms with E-state index in [1.165, 1.54) is 5.56 Å². The summed E-state index contributed by atoms with van der Waals surface area (Å²) in [6.07, 6.45) is 2.46. The fourth-order valence-electron chi connectivity index (χ4n) is 4.18. The average Bonchev–Trinajstić information content (AvgIpc) is 3.44. The lowest BCUT2D eigenvalue weighted by atomic mass is 9.98. The first-order valence-corrected chi connectivity index (χ1v) is 11.3. The number of fused-ring (bicyclic) bond motifs is 1. The van der Waals surface area contributed by atoms with Crippen LogP contribution in [-0.2, 0) is 13.0 Å². The molecule has 0 radical (unpaired) electrons. The van der Waals surface area contributed by atoms with Gasteiger partial charge in [0.25, 0.3) is 5.91 Å². The number of hydrogen-bond acceptors (Lipinski definition) is 5. The lowest BCUT2D eigenvalue weighted by Gasteiger charge is -2.29. The molecule has 1 unspecified atom stereocenters. The highest BCUT2D eigenvalue weighted by Gasteiger charge is 2.42. The van der Waals surface area contributed by atoms with Crippen molar-refractivity contribution in [1.82, 2.24) is 4.90 Å². The maximum Gasteiger partial charge on any atom is 0.254 e. The van der Waals surface area contributed by atoms with Gasteiger partial charge in [0.2, 0.25) is 0 Å². The zero-order valence-corrected chi connectivity index (χ0v) is 19.5. The van der Waals surface area contributed by atoms with E-state index in [1.54, 1.807) is 19.3 Å². The Morgan fingerprint density at radius 3 is 2.50 bits per heavy atom. The van der Waals surface area contributed by atoms with Crippen molar-refractivity contribution in [2.45, 2.75) is 32.4 Å². The van der Waals surface area contributed by atoms with E-state index in [4.69, 9.17) is 14.2 Å². The summed E-state index contributed by atoms with van der Waals surface area (Å²) in [6, 6.07) is 18.8. The summed E-state index contributed by atoms with van der Waals surface area (Å²) in [5.74, 6) is 2.99. The van der Waals surface area contributed by atoms with Crippen LogP contribution in [-0.4, -0.2) is 35.2 Å². The normalized spacial score (nSPS) is 18.6. The highest BCUT2D eigenvalue weighted by molar-refractivity contribution is 5.94. The van der Waals surface area contributed by atoms with Crippen LogP contribution >= 0.6 is 0 Å². The Bertz CT molecular complexity index is 1300. The van der Waals surface area contributed by atoms with Gasteiger partial charge in [-0.25, -0.2) is 0 Å². The van der Waals surface area contributed by atoms with Crippen LogP contribution in [0.3, 0.4) is 0 Å². The van der Waals surface area contributed by atoms with Gasteiger partial charge in [0.15, 0.2) is 5.60 Å². The number of hydrogen-bond donors (Lipinski definition) is 1. The third kappa shape index (κ3) is 4.31. The zero-order valence-electron chi connectivity index (χ0n) is 19.5. The van der Waals surface area contributed by atoms with E-state index in [9.17, 15) is 9.90 Å². The van der Waals surface area contributed by atoms with Gasteiger partial charge in [0, 0.05) is 24.7 Å². The van der Waals surface area contributed by atoms with Crippen molar-refractivity contribution in [2.75, 3.05) is 13.7 Å². The SMILES string of the molecule is COc1ccc2c(c1)CCN(C(=O)c1cccc(Oc3ccc(OC4(C)C=C4O)c(C)c3)c1)C2. The molecule has 34 heavy (non-hydrogen) atoms. The van der Waals surface area contributed by atoms with E-state index in [-0.39, 0.29) is 11.7 Å². The van der Waals surface area contributed by atoms with Crippen molar-refractivity contribution in [2.24, 2.45) is 0 Å². The van der Waals surface area contributed by atoms with E-state index >= 15 is 0 Å². The van der Waals surface area contributed by atoms with Gasteiger partial charge < -0.3 is 24.2 Å². The predicted molar refractivity (Wildman–Crippen MR) is 129 cm³/mol. The molecule has 1 aliphatic carbocycles. The molecule has 174 valence electrons. The molecule has 0 saturated heterocycles. The van der Waals surface area contributed by atoms with E-state index in [1.807, 2.05) is 73.3 Å². The van der Waals surface area contributed by atoms with Crippen molar-refractivity contribution < 1.29 is 24.1 Å². The number of aryl methyl sites for hydroxylation is 1. The van der Waals surface area contributed by atoms with Crippen molar-refractivity contribution in [3.63, 3.8) is 0 Å². The van der Waals surface area contributed by atoms with Crippen molar-refractivity contribution in [1.29, 1.82) is 0 Å². The summed E-state index contributed by atoms with van der Waals surface area (Å²) in [4.78, 5) is 15.1. The highest BCUT2D eigenvalue weighted by Crippen LogP contribution is 2.38. The van der Waals surface area contributed by atoms with E-state index < -0.39 is 5.60 Å². The molecule has 0 fully saturated rings. The Kier molecular flexibility index (Phi) is 5.44. The van der Waals surface area contributed by atoms with Crippen molar-refractivity contribution in [3.8, 4) is 23.0 Å². The quantitative estimate of drug-likeness (QED) is 0.523. The summed E-state index contributed by atoms with van der Waals surface area (Å²) in [5, 5.41) is 9.60. The van der Waals surface area contributed by atoms with Crippen LogP contribution in [0.15, 0.2) is 72.5 Å². The Hall–Kier alpha value is -3.93. The second-order valence-corrected chi connectivity index (χ2v) is 8.91. The molecule has 1 aliphatic heterocycles. The summed E-state index contributed by atoms with van der Waals surface area (Å²) in [6.45, 7) is 4.97. The van der Waals surface area contributed by atoms with Gasteiger partial charge in [0.1, 0.15) is 28.8 Å². The first-order chi connectivity index (χ1) is 16.3. The second kappa shape index (κ2) is 8.45. The molecular weight excluding hydrogens is 430 g/mol. The average molecular weight is 458 g/mol. The molecule has 3 aromatic carbocycles.